The third kappa shape index (κ3) is 4.53. The molecule has 1 aliphatic rings. The van der Waals surface area contributed by atoms with E-state index >= 15 is 0 Å². The van der Waals surface area contributed by atoms with Gasteiger partial charge in [-0.05, 0) is 61.0 Å². The topological polar surface area (TPSA) is 89.5 Å². The van der Waals surface area contributed by atoms with E-state index in [2.05, 4.69) is 14.9 Å². The molecule has 0 unspecified atom stereocenters. The molecule has 36 heavy (non-hydrogen) atoms. The lowest BCUT2D eigenvalue weighted by Gasteiger charge is -2.09. The number of hydrogen-bond donors (Lipinski definition) is 1. The van der Waals surface area contributed by atoms with Crippen LogP contribution in [0.25, 0.3) is 17.0 Å². The number of nitrogens with one attached hydrogen (secondary N) is 1. The predicted octanol–water partition coefficient (Wildman–Crippen LogP) is 6.76. The van der Waals surface area contributed by atoms with Gasteiger partial charge in [-0.3, -0.25) is 14.9 Å². The summed E-state index contributed by atoms with van der Waals surface area (Å²) in [5.74, 6) is -0.204. The summed E-state index contributed by atoms with van der Waals surface area (Å²) < 4.78 is 2.16. The molecule has 9 heteroatoms. The van der Waals surface area contributed by atoms with Gasteiger partial charge in [-0.1, -0.05) is 48.0 Å². The van der Waals surface area contributed by atoms with Gasteiger partial charge in [0.1, 0.15) is 0 Å². The monoisotopic (exact) mass is 516 g/mol. The molecule has 1 saturated heterocycles. The highest BCUT2D eigenvalue weighted by atomic mass is 35.5. The summed E-state index contributed by atoms with van der Waals surface area (Å²) in [7, 11) is 0. The van der Waals surface area contributed by atoms with E-state index < -0.39 is 4.92 Å². The van der Waals surface area contributed by atoms with Crippen molar-refractivity contribution >= 4 is 62.8 Å². The number of nitrogens with zero attached hydrogens (tertiary/aromatic N) is 3. The number of hydrogen-bond acceptors (Lipinski definition) is 5. The van der Waals surface area contributed by atoms with Crippen molar-refractivity contribution in [2.75, 3.05) is 0 Å². The average molecular weight is 517 g/mol. The Bertz CT molecular complexity index is 1590. The molecule has 0 radical (unpaired) electrons. The molecule has 3 aromatic carbocycles. The van der Waals surface area contributed by atoms with Gasteiger partial charge in [0.25, 0.3) is 11.6 Å². The SMILES string of the molecule is Cc1c(Cl)cccc1N=C1NC(=O)/C(=C/c2c(C)n(Cc3ccc([N+](=O)[O-])cc3)c3ccccc23)S1. The van der Waals surface area contributed by atoms with Crippen LogP contribution in [0.1, 0.15) is 22.4 Å². The number of halogens is 1. The first-order valence-corrected chi connectivity index (χ1v) is 12.4. The molecule has 1 aliphatic heterocycles. The van der Waals surface area contributed by atoms with Crippen LogP contribution in [0, 0.1) is 24.0 Å². The van der Waals surface area contributed by atoms with Crippen LogP contribution in [0.5, 0.6) is 0 Å². The fraction of sp³-hybridized carbons (Fsp3) is 0.111. The van der Waals surface area contributed by atoms with E-state index in [-0.39, 0.29) is 11.6 Å². The molecule has 1 N–H and O–H groups in total. The van der Waals surface area contributed by atoms with E-state index in [4.69, 9.17) is 11.6 Å². The first-order valence-electron chi connectivity index (χ1n) is 11.2. The fourth-order valence-electron chi connectivity index (χ4n) is 4.19. The molecular formula is C27H21ClN4O3S. The predicted molar refractivity (Wildman–Crippen MR) is 146 cm³/mol. The standard InChI is InChI=1S/C27H21ClN4O3S/c1-16-22(28)7-5-8-23(16)29-27-30-26(33)25(36-27)14-21-17(2)31(24-9-4-3-6-20(21)24)15-18-10-12-19(13-11-18)32(34)35/h3-14H,15H2,1-2H3,(H,29,30,33)/b25-14-. The summed E-state index contributed by atoms with van der Waals surface area (Å²) in [5.41, 5.74) is 5.53. The average Bonchev–Trinajstić information content (AvgIpc) is 3.34. The van der Waals surface area contributed by atoms with E-state index in [1.165, 1.54) is 23.9 Å². The number of aromatic nitrogens is 1. The highest BCUT2D eigenvalue weighted by Gasteiger charge is 2.25. The van der Waals surface area contributed by atoms with Gasteiger partial charge in [-0.2, -0.15) is 0 Å². The lowest BCUT2D eigenvalue weighted by atomic mass is 10.1. The van der Waals surface area contributed by atoms with E-state index in [0.717, 1.165) is 33.3 Å². The normalized spacial score (nSPS) is 15.7. The Morgan fingerprint density at radius 2 is 1.83 bits per heavy atom. The minimum absolute atomic E-state index is 0.0629. The molecule has 1 aromatic heterocycles. The molecule has 0 atom stereocenters. The van der Waals surface area contributed by atoms with Gasteiger partial charge in [0, 0.05) is 45.9 Å². The maximum Gasteiger partial charge on any atom is 0.269 e. The highest BCUT2D eigenvalue weighted by Crippen LogP contribution is 2.34. The smallest absolute Gasteiger partial charge is 0.269 e. The third-order valence-corrected chi connectivity index (χ3v) is 7.47. The van der Waals surface area contributed by atoms with E-state index in [9.17, 15) is 14.9 Å². The summed E-state index contributed by atoms with van der Waals surface area (Å²) in [6.45, 7) is 4.45. The number of thioether (sulfide) groups is 1. The maximum atomic E-state index is 12.8. The van der Waals surface area contributed by atoms with Gasteiger partial charge < -0.3 is 9.88 Å². The lowest BCUT2D eigenvalue weighted by molar-refractivity contribution is -0.384. The fourth-order valence-corrected chi connectivity index (χ4v) is 5.17. The third-order valence-electron chi connectivity index (χ3n) is 6.15. The molecule has 0 spiro atoms. The number of nitro benzene ring substituents is 1. The number of aliphatic imine (C=N–C) groups is 1. The summed E-state index contributed by atoms with van der Waals surface area (Å²) in [4.78, 5) is 28.5. The van der Waals surface area contributed by atoms with Crippen molar-refractivity contribution in [1.82, 2.24) is 9.88 Å². The second kappa shape index (κ2) is 9.64. The molecule has 2 heterocycles. The number of non-ortho nitro benzene ring substituents is 1. The molecule has 1 amide bonds. The summed E-state index contributed by atoms with van der Waals surface area (Å²) in [6.07, 6.45) is 1.90. The molecule has 4 aromatic rings. The number of amidine groups is 1. The van der Waals surface area contributed by atoms with Crippen molar-refractivity contribution in [3.8, 4) is 0 Å². The van der Waals surface area contributed by atoms with E-state index in [0.29, 0.717) is 27.3 Å². The Kier molecular flexibility index (Phi) is 6.38. The Hall–Kier alpha value is -3.88. The van der Waals surface area contributed by atoms with Crippen LogP contribution in [0.3, 0.4) is 0 Å². The maximum absolute atomic E-state index is 12.8. The van der Waals surface area contributed by atoms with Crippen LogP contribution < -0.4 is 5.32 Å². The number of nitro groups is 1. The molecule has 0 bridgehead atoms. The van der Waals surface area contributed by atoms with Gasteiger partial charge in [-0.25, -0.2) is 4.99 Å². The van der Waals surface area contributed by atoms with Crippen LogP contribution in [-0.2, 0) is 11.3 Å². The zero-order valence-corrected chi connectivity index (χ0v) is 21.1. The van der Waals surface area contributed by atoms with Crippen molar-refractivity contribution < 1.29 is 9.72 Å². The molecule has 0 saturated carbocycles. The molecule has 180 valence electrons. The van der Waals surface area contributed by atoms with Gasteiger partial charge in [0.2, 0.25) is 0 Å². The second-order valence-electron chi connectivity index (χ2n) is 8.39. The van der Waals surface area contributed by atoms with E-state index in [1.807, 2.05) is 62.4 Å². The lowest BCUT2D eigenvalue weighted by Crippen LogP contribution is -2.19. The molecule has 0 aliphatic carbocycles. The quantitative estimate of drug-likeness (QED) is 0.180. The number of amides is 1. The van der Waals surface area contributed by atoms with Gasteiger partial charge in [-0.15, -0.1) is 0 Å². The zero-order chi connectivity index (χ0) is 25.4. The largest absolute Gasteiger partial charge is 0.340 e. The van der Waals surface area contributed by atoms with E-state index in [1.54, 1.807) is 12.1 Å². The number of carbonyl (C=O) groups is 1. The van der Waals surface area contributed by atoms with Crippen LogP contribution in [0.15, 0.2) is 76.6 Å². The minimum atomic E-state index is -0.403. The Balaban J connectivity index is 1.50. The highest BCUT2D eigenvalue weighted by molar-refractivity contribution is 8.18. The van der Waals surface area contributed by atoms with Gasteiger partial charge in [0.15, 0.2) is 5.17 Å². The second-order valence-corrected chi connectivity index (χ2v) is 9.83. The molecule has 5 rings (SSSR count). The van der Waals surface area contributed by atoms with Crippen molar-refractivity contribution in [3.63, 3.8) is 0 Å². The van der Waals surface area contributed by atoms with Crippen molar-refractivity contribution in [1.29, 1.82) is 0 Å². The summed E-state index contributed by atoms with van der Waals surface area (Å²) >= 11 is 7.50. The van der Waals surface area contributed by atoms with Crippen LogP contribution in [0.2, 0.25) is 5.02 Å². The Morgan fingerprint density at radius 1 is 1.08 bits per heavy atom. The van der Waals surface area contributed by atoms with Crippen molar-refractivity contribution in [2.24, 2.45) is 4.99 Å². The van der Waals surface area contributed by atoms with Gasteiger partial charge in [0.05, 0.1) is 15.5 Å². The molecular weight excluding hydrogens is 496 g/mol. The zero-order valence-electron chi connectivity index (χ0n) is 19.5. The first kappa shape index (κ1) is 23.8. The molecule has 7 nitrogen and oxygen atoms in total. The van der Waals surface area contributed by atoms with Crippen molar-refractivity contribution in [3.05, 3.63) is 109 Å². The van der Waals surface area contributed by atoms with Gasteiger partial charge >= 0.3 is 0 Å². The summed E-state index contributed by atoms with van der Waals surface area (Å²) in [6, 6.07) is 20.1. The number of fused-ring (bicyclic) bond motifs is 1. The first-order chi connectivity index (χ1) is 17.3. The van der Waals surface area contributed by atoms with Crippen LogP contribution in [0.4, 0.5) is 11.4 Å². The minimum Gasteiger partial charge on any atom is -0.340 e. The Morgan fingerprint density at radius 3 is 2.58 bits per heavy atom. The number of para-hydroxylation sites is 1. The van der Waals surface area contributed by atoms with Crippen molar-refractivity contribution in [2.45, 2.75) is 20.4 Å². The van der Waals surface area contributed by atoms with Crippen LogP contribution in [-0.4, -0.2) is 20.6 Å². The van der Waals surface area contributed by atoms with Crippen LogP contribution >= 0.6 is 23.4 Å². The number of carbonyl (C=O) groups excluding carboxylic acids is 1. The number of rotatable bonds is 5. The Labute approximate surface area is 216 Å². The number of benzene rings is 3. The molecule has 1 fully saturated rings. The summed E-state index contributed by atoms with van der Waals surface area (Å²) in [5, 5.41) is 16.0.